The number of benzene rings is 1. The number of hydrogen-bond acceptors (Lipinski definition) is 2. The number of carbonyl (C=O) groups excluding carboxylic acids is 1. The molecule has 2 aromatic rings. The minimum Gasteiger partial charge on any atom is -0.321 e. The number of anilines is 1. The highest BCUT2D eigenvalue weighted by Crippen LogP contribution is 2.23. The van der Waals surface area contributed by atoms with Gasteiger partial charge in [-0.2, -0.15) is 0 Å². The lowest BCUT2D eigenvalue weighted by Crippen LogP contribution is -2.14. The first kappa shape index (κ1) is 14.8. The van der Waals surface area contributed by atoms with Crippen molar-refractivity contribution in [1.82, 2.24) is 4.98 Å². The topological polar surface area (TPSA) is 42.0 Å². The monoisotopic (exact) mass is 308 g/mol. The molecule has 1 aromatic heterocycles. The van der Waals surface area contributed by atoms with Gasteiger partial charge in [0.2, 0.25) is 0 Å². The Bertz CT molecular complexity index is 636. The van der Waals surface area contributed by atoms with Crippen molar-refractivity contribution in [2.45, 2.75) is 20.3 Å². The van der Waals surface area contributed by atoms with Crippen LogP contribution in [0.2, 0.25) is 10.3 Å². The van der Waals surface area contributed by atoms with Gasteiger partial charge in [0.15, 0.2) is 0 Å². The number of halogens is 2. The Morgan fingerprint density at radius 1 is 1.25 bits per heavy atom. The first-order valence-electron chi connectivity index (χ1n) is 6.24. The predicted molar refractivity (Wildman–Crippen MR) is 82.8 cm³/mol. The lowest BCUT2D eigenvalue weighted by molar-refractivity contribution is 0.102. The maximum atomic E-state index is 12.3. The lowest BCUT2D eigenvalue weighted by Gasteiger charge is -2.13. The first-order chi connectivity index (χ1) is 9.51. The van der Waals surface area contributed by atoms with Gasteiger partial charge < -0.3 is 5.32 Å². The number of aromatic nitrogens is 1. The van der Waals surface area contributed by atoms with E-state index in [2.05, 4.69) is 10.3 Å². The Hall–Kier alpha value is -1.58. The van der Waals surface area contributed by atoms with Crippen molar-refractivity contribution in [3.63, 3.8) is 0 Å². The average molecular weight is 309 g/mol. The van der Waals surface area contributed by atoms with Gasteiger partial charge in [0, 0.05) is 11.3 Å². The molecule has 0 aliphatic heterocycles. The molecule has 2 rings (SSSR count). The molecule has 0 bridgehead atoms. The van der Waals surface area contributed by atoms with Crippen molar-refractivity contribution >= 4 is 34.8 Å². The molecular weight excluding hydrogens is 295 g/mol. The summed E-state index contributed by atoms with van der Waals surface area (Å²) >= 11 is 11.6. The molecule has 1 N–H and O–H groups in total. The Balaban J connectivity index is 2.32. The molecule has 3 nitrogen and oxygen atoms in total. The summed E-state index contributed by atoms with van der Waals surface area (Å²) in [6.45, 7) is 4.01. The maximum absolute atomic E-state index is 12.3. The number of aryl methyl sites for hydroxylation is 2. The number of hydrogen-bond donors (Lipinski definition) is 1. The minimum atomic E-state index is -0.250. The first-order valence-corrected chi connectivity index (χ1v) is 6.99. The van der Waals surface area contributed by atoms with Crippen LogP contribution >= 0.6 is 23.2 Å². The van der Waals surface area contributed by atoms with Crippen molar-refractivity contribution in [3.05, 3.63) is 57.3 Å². The molecule has 0 fully saturated rings. The number of carbonyl (C=O) groups is 1. The quantitative estimate of drug-likeness (QED) is 0.848. The van der Waals surface area contributed by atoms with Gasteiger partial charge in [0.05, 0.1) is 0 Å². The van der Waals surface area contributed by atoms with Crippen LogP contribution in [0.3, 0.4) is 0 Å². The third kappa shape index (κ3) is 3.30. The Labute approximate surface area is 127 Å². The van der Waals surface area contributed by atoms with E-state index >= 15 is 0 Å². The van der Waals surface area contributed by atoms with Crippen LogP contribution in [0, 0.1) is 6.92 Å². The van der Waals surface area contributed by atoms with E-state index in [-0.39, 0.29) is 16.2 Å². The van der Waals surface area contributed by atoms with Crippen molar-refractivity contribution in [3.8, 4) is 0 Å². The summed E-state index contributed by atoms with van der Waals surface area (Å²) in [5.74, 6) is -0.250. The van der Waals surface area contributed by atoms with Gasteiger partial charge in [0.25, 0.3) is 5.91 Å². The zero-order chi connectivity index (χ0) is 14.7. The molecule has 0 spiro atoms. The summed E-state index contributed by atoms with van der Waals surface area (Å²) in [5.41, 5.74) is 3.33. The van der Waals surface area contributed by atoms with Crippen LogP contribution in [0.4, 0.5) is 5.69 Å². The summed E-state index contributed by atoms with van der Waals surface area (Å²) < 4.78 is 0. The van der Waals surface area contributed by atoms with Crippen molar-refractivity contribution in [2.75, 3.05) is 5.32 Å². The van der Waals surface area contributed by atoms with Crippen LogP contribution in [0.25, 0.3) is 0 Å². The fourth-order valence-corrected chi connectivity index (χ4v) is 2.44. The maximum Gasteiger partial charge on any atom is 0.255 e. The molecule has 20 heavy (non-hydrogen) atoms. The molecule has 0 unspecified atom stereocenters. The van der Waals surface area contributed by atoms with E-state index in [1.807, 2.05) is 32.0 Å². The molecule has 0 aliphatic rings. The molecular formula is C15H14Cl2N2O. The molecule has 0 atom stereocenters. The van der Waals surface area contributed by atoms with Gasteiger partial charge in [-0.1, -0.05) is 48.3 Å². The van der Waals surface area contributed by atoms with Gasteiger partial charge in [-0.15, -0.1) is 0 Å². The normalized spacial score (nSPS) is 10.4. The Kier molecular flexibility index (Phi) is 4.63. The van der Waals surface area contributed by atoms with Crippen LogP contribution in [-0.4, -0.2) is 10.9 Å². The highest BCUT2D eigenvalue weighted by atomic mass is 35.5. The van der Waals surface area contributed by atoms with E-state index in [4.69, 9.17) is 23.2 Å². The highest BCUT2D eigenvalue weighted by Gasteiger charge is 2.12. The molecule has 0 radical (unpaired) electrons. The van der Waals surface area contributed by atoms with E-state index in [9.17, 15) is 4.79 Å². The number of nitrogens with zero attached hydrogens (tertiary/aromatic N) is 1. The van der Waals surface area contributed by atoms with E-state index in [0.29, 0.717) is 5.56 Å². The summed E-state index contributed by atoms with van der Waals surface area (Å²) in [5, 5.41) is 3.31. The van der Waals surface area contributed by atoms with Crippen LogP contribution in [0.5, 0.6) is 0 Å². The lowest BCUT2D eigenvalue weighted by atomic mass is 10.1. The van der Waals surface area contributed by atoms with Crippen LogP contribution in [0.1, 0.15) is 28.4 Å². The van der Waals surface area contributed by atoms with E-state index in [0.717, 1.165) is 23.2 Å². The Morgan fingerprint density at radius 2 is 1.90 bits per heavy atom. The third-order valence-corrected chi connectivity index (χ3v) is 3.39. The molecule has 5 heteroatoms. The summed E-state index contributed by atoms with van der Waals surface area (Å²) in [4.78, 5) is 16.1. The fourth-order valence-electron chi connectivity index (χ4n) is 1.98. The molecule has 104 valence electrons. The fraction of sp³-hybridized carbons (Fsp3) is 0.200. The number of amides is 1. The zero-order valence-electron chi connectivity index (χ0n) is 11.2. The van der Waals surface area contributed by atoms with Gasteiger partial charge in [0.1, 0.15) is 10.3 Å². The smallest absolute Gasteiger partial charge is 0.255 e. The molecule has 1 heterocycles. The number of rotatable bonds is 3. The summed E-state index contributed by atoms with van der Waals surface area (Å²) in [6.07, 6.45) is 0.842. The molecule has 0 saturated heterocycles. The van der Waals surface area contributed by atoms with Gasteiger partial charge in [-0.3, -0.25) is 4.79 Å². The van der Waals surface area contributed by atoms with Crippen molar-refractivity contribution < 1.29 is 4.79 Å². The molecule has 1 aromatic carbocycles. The van der Waals surface area contributed by atoms with E-state index < -0.39 is 0 Å². The van der Waals surface area contributed by atoms with Gasteiger partial charge in [-0.25, -0.2) is 4.98 Å². The predicted octanol–water partition coefficient (Wildman–Crippen LogP) is 4.51. The average Bonchev–Trinajstić information content (AvgIpc) is 2.39. The molecule has 0 saturated carbocycles. The van der Waals surface area contributed by atoms with Crippen LogP contribution in [-0.2, 0) is 6.42 Å². The van der Waals surface area contributed by atoms with Crippen LogP contribution < -0.4 is 5.32 Å². The van der Waals surface area contributed by atoms with Crippen molar-refractivity contribution in [2.24, 2.45) is 0 Å². The molecule has 1 amide bonds. The number of nitrogens with one attached hydrogen (secondary N) is 1. The Morgan fingerprint density at radius 3 is 2.50 bits per heavy atom. The second-order valence-corrected chi connectivity index (χ2v) is 5.19. The largest absolute Gasteiger partial charge is 0.321 e. The molecule has 0 aliphatic carbocycles. The van der Waals surface area contributed by atoms with E-state index in [1.54, 1.807) is 0 Å². The number of para-hydroxylation sites is 1. The standard InChI is InChI=1S/C15H14Cl2N2O/c1-3-10-6-4-5-9(2)14(10)19-15(20)11-7-12(16)18-13(17)8-11/h4-8H,3H2,1-2H3,(H,19,20). The number of pyridine rings is 1. The highest BCUT2D eigenvalue weighted by molar-refractivity contribution is 6.33. The second-order valence-electron chi connectivity index (χ2n) is 4.42. The van der Waals surface area contributed by atoms with Crippen LogP contribution in [0.15, 0.2) is 30.3 Å². The van der Waals surface area contributed by atoms with Crippen molar-refractivity contribution in [1.29, 1.82) is 0 Å². The summed E-state index contributed by atoms with van der Waals surface area (Å²) in [7, 11) is 0. The summed E-state index contributed by atoms with van der Waals surface area (Å²) in [6, 6.07) is 8.92. The van der Waals surface area contributed by atoms with Gasteiger partial charge >= 0.3 is 0 Å². The van der Waals surface area contributed by atoms with E-state index in [1.165, 1.54) is 12.1 Å². The second kappa shape index (κ2) is 6.25. The zero-order valence-corrected chi connectivity index (χ0v) is 12.7. The van der Waals surface area contributed by atoms with Gasteiger partial charge in [-0.05, 0) is 36.6 Å². The third-order valence-electron chi connectivity index (χ3n) is 3.00. The SMILES string of the molecule is CCc1cccc(C)c1NC(=O)c1cc(Cl)nc(Cl)c1. The minimum absolute atomic E-state index is 0.197.